The summed E-state index contributed by atoms with van der Waals surface area (Å²) in [6.07, 6.45) is 4.79. The summed E-state index contributed by atoms with van der Waals surface area (Å²) < 4.78 is 13.7. The van der Waals surface area contributed by atoms with Gasteiger partial charge in [0.1, 0.15) is 5.82 Å². The van der Waals surface area contributed by atoms with Gasteiger partial charge in [-0.05, 0) is 42.2 Å². The van der Waals surface area contributed by atoms with Gasteiger partial charge in [0.05, 0.1) is 0 Å². The van der Waals surface area contributed by atoms with Crippen LogP contribution < -0.4 is 0 Å². The van der Waals surface area contributed by atoms with Crippen LogP contribution in [0.5, 0.6) is 0 Å². The van der Waals surface area contributed by atoms with Crippen molar-refractivity contribution in [1.82, 2.24) is 9.88 Å². The lowest BCUT2D eigenvalue weighted by Crippen LogP contribution is -2.34. The summed E-state index contributed by atoms with van der Waals surface area (Å²) in [5.41, 5.74) is 4.40. The molecule has 0 spiro atoms. The van der Waals surface area contributed by atoms with E-state index in [-0.39, 0.29) is 30.3 Å². The predicted molar refractivity (Wildman–Crippen MR) is 112 cm³/mol. The number of aromatic amines is 1. The van der Waals surface area contributed by atoms with Gasteiger partial charge >= 0.3 is 0 Å². The van der Waals surface area contributed by atoms with Crippen LogP contribution in [0.25, 0.3) is 16.5 Å². The molecule has 0 radical (unpaired) electrons. The number of carbonyl (C=O) groups is 2. The molecule has 0 bridgehead atoms. The zero-order chi connectivity index (χ0) is 20.4. The van der Waals surface area contributed by atoms with Gasteiger partial charge in [-0.25, -0.2) is 4.39 Å². The van der Waals surface area contributed by atoms with Gasteiger partial charge in [0.25, 0.3) is 0 Å². The minimum absolute atomic E-state index is 0.0242. The number of benzene rings is 2. The number of hydrogen-bond donors (Lipinski definition) is 1. The fraction of sp³-hybridized carbons (Fsp3) is 0.250. The highest BCUT2D eigenvalue weighted by Crippen LogP contribution is 2.25. The molecule has 0 atom stereocenters. The monoisotopic (exact) mass is 390 g/mol. The molecular weight excluding hydrogens is 367 g/mol. The number of hydrogen-bond acceptors (Lipinski definition) is 2. The molecule has 1 N–H and O–H groups in total. The average molecular weight is 390 g/mol. The number of rotatable bonds is 5. The normalized spacial score (nSPS) is 14.1. The first-order valence-corrected chi connectivity index (χ1v) is 9.85. The fourth-order valence-electron chi connectivity index (χ4n) is 3.92. The number of fused-ring (bicyclic) bond motifs is 1. The molecule has 0 fully saturated rings. The van der Waals surface area contributed by atoms with Crippen molar-refractivity contribution >= 4 is 28.2 Å². The van der Waals surface area contributed by atoms with Crippen LogP contribution in [-0.2, 0) is 4.79 Å². The quantitative estimate of drug-likeness (QED) is 0.631. The molecule has 0 aliphatic carbocycles. The number of ketones is 1. The zero-order valence-corrected chi connectivity index (χ0v) is 16.4. The van der Waals surface area contributed by atoms with Crippen LogP contribution in [0.3, 0.4) is 0 Å². The molecule has 1 amide bonds. The highest BCUT2D eigenvalue weighted by molar-refractivity contribution is 6.09. The summed E-state index contributed by atoms with van der Waals surface area (Å²) in [6.45, 7) is 3.02. The molecule has 2 aromatic carbocycles. The Kier molecular flexibility index (Phi) is 5.30. The highest BCUT2D eigenvalue weighted by atomic mass is 19.1. The van der Waals surface area contributed by atoms with E-state index in [2.05, 4.69) is 23.2 Å². The molecule has 1 aliphatic heterocycles. The maximum absolute atomic E-state index is 13.7. The summed E-state index contributed by atoms with van der Waals surface area (Å²) in [5.74, 6) is -0.537. The second-order valence-electron chi connectivity index (χ2n) is 7.46. The van der Waals surface area contributed by atoms with E-state index in [0.29, 0.717) is 24.0 Å². The summed E-state index contributed by atoms with van der Waals surface area (Å²) in [7, 11) is 0. The topological polar surface area (TPSA) is 53.2 Å². The lowest BCUT2D eigenvalue weighted by molar-refractivity contribution is -0.130. The van der Waals surface area contributed by atoms with Crippen LogP contribution in [0.15, 0.2) is 54.7 Å². The van der Waals surface area contributed by atoms with Crippen molar-refractivity contribution in [2.45, 2.75) is 26.2 Å². The molecule has 4 nitrogen and oxygen atoms in total. The molecule has 0 saturated carbocycles. The Hall–Kier alpha value is -3.21. The molecule has 148 valence electrons. The largest absolute Gasteiger partial charge is 0.360 e. The van der Waals surface area contributed by atoms with Crippen LogP contribution in [-0.4, -0.2) is 34.7 Å². The first-order valence-electron chi connectivity index (χ1n) is 9.85. The van der Waals surface area contributed by atoms with E-state index >= 15 is 0 Å². The van der Waals surface area contributed by atoms with E-state index in [1.807, 2.05) is 18.2 Å². The van der Waals surface area contributed by atoms with Gasteiger partial charge < -0.3 is 9.88 Å². The number of aryl methyl sites for hydroxylation is 1. The Morgan fingerprint density at radius 2 is 1.93 bits per heavy atom. The van der Waals surface area contributed by atoms with Crippen molar-refractivity contribution in [2.75, 3.05) is 13.1 Å². The van der Waals surface area contributed by atoms with Crippen LogP contribution in [0.2, 0.25) is 0 Å². The number of Topliss-reactive ketones (excluding diaryl/α,β-unsaturated/α-hetero) is 1. The molecule has 1 aromatic heterocycles. The lowest BCUT2D eigenvalue weighted by atomic mass is 9.99. The van der Waals surface area contributed by atoms with Crippen molar-refractivity contribution in [2.24, 2.45) is 0 Å². The van der Waals surface area contributed by atoms with Gasteiger partial charge in [0.2, 0.25) is 5.91 Å². The van der Waals surface area contributed by atoms with E-state index in [1.54, 1.807) is 18.0 Å². The molecule has 2 heterocycles. The van der Waals surface area contributed by atoms with Gasteiger partial charge in [-0.2, -0.15) is 0 Å². The maximum Gasteiger partial charge on any atom is 0.223 e. The van der Waals surface area contributed by atoms with Gasteiger partial charge in [0, 0.05) is 48.6 Å². The molecule has 4 rings (SSSR count). The number of nitrogens with zero attached hydrogens (tertiary/aromatic N) is 1. The van der Waals surface area contributed by atoms with E-state index in [9.17, 15) is 14.0 Å². The standard InChI is InChI=1S/C24H23FN2O2/c1-16-13-19(25)14-20-21(15-26-24(16)20)22(28)7-8-23(29)27-11-9-18(10-12-27)17-5-3-2-4-6-17/h2-6,9,13-15,26H,7-8,10-12H2,1H3. The molecule has 5 heteroatoms. The Bertz CT molecular complexity index is 1100. The Morgan fingerprint density at radius 1 is 1.14 bits per heavy atom. The third-order valence-corrected chi connectivity index (χ3v) is 5.52. The second-order valence-corrected chi connectivity index (χ2v) is 7.46. The minimum Gasteiger partial charge on any atom is -0.360 e. The third-order valence-electron chi connectivity index (χ3n) is 5.52. The van der Waals surface area contributed by atoms with Crippen molar-refractivity contribution in [3.05, 3.63) is 77.2 Å². The summed E-state index contributed by atoms with van der Waals surface area (Å²) in [5, 5.41) is 0.577. The predicted octanol–water partition coefficient (Wildman–Crippen LogP) is 4.89. The summed E-state index contributed by atoms with van der Waals surface area (Å²) in [4.78, 5) is 30.0. The number of amides is 1. The van der Waals surface area contributed by atoms with Crippen molar-refractivity contribution in [1.29, 1.82) is 0 Å². The number of halogens is 1. The minimum atomic E-state index is -0.367. The summed E-state index contributed by atoms with van der Waals surface area (Å²) >= 11 is 0. The SMILES string of the molecule is Cc1cc(F)cc2c(C(=O)CCC(=O)N3CC=C(c4ccccc4)CC3)c[nH]c12. The first kappa shape index (κ1) is 19.1. The smallest absolute Gasteiger partial charge is 0.223 e. The fourth-order valence-corrected chi connectivity index (χ4v) is 3.92. The second kappa shape index (κ2) is 8.03. The van der Waals surface area contributed by atoms with Crippen LogP contribution >= 0.6 is 0 Å². The lowest BCUT2D eigenvalue weighted by Gasteiger charge is -2.26. The number of H-pyrrole nitrogens is 1. The highest BCUT2D eigenvalue weighted by Gasteiger charge is 2.20. The molecule has 1 aliphatic rings. The Balaban J connectivity index is 1.38. The summed E-state index contributed by atoms with van der Waals surface area (Å²) in [6, 6.07) is 13.0. The van der Waals surface area contributed by atoms with E-state index < -0.39 is 0 Å². The zero-order valence-electron chi connectivity index (χ0n) is 16.4. The maximum atomic E-state index is 13.7. The van der Waals surface area contributed by atoms with Crippen molar-refractivity contribution in [3.63, 3.8) is 0 Å². The van der Waals surface area contributed by atoms with Gasteiger partial charge in [-0.3, -0.25) is 9.59 Å². The molecule has 3 aromatic rings. The van der Waals surface area contributed by atoms with E-state index in [4.69, 9.17) is 0 Å². The molecular formula is C24H23FN2O2. The number of aromatic nitrogens is 1. The molecule has 0 unspecified atom stereocenters. The van der Waals surface area contributed by atoms with Crippen molar-refractivity contribution in [3.8, 4) is 0 Å². The molecule has 0 saturated heterocycles. The Morgan fingerprint density at radius 3 is 2.66 bits per heavy atom. The first-order chi connectivity index (χ1) is 14.0. The van der Waals surface area contributed by atoms with Crippen LogP contribution in [0.1, 0.15) is 40.7 Å². The molecule has 29 heavy (non-hydrogen) atoms. The average Bonchev–Trinajstić information content (AvgIpc) is 3.17. The Labute approximate surface area is 169 Å². The number of carbonyl (C=O) groups excluding carboxylic acids is 2. The third kappa shape index (κ3) is 3.99. The van der Waals surface area contributed by atoms with Gasteiger partial charge in [0.15, 0.2) is 5.78 Å². The van der Waals surface area contributed by atoms with Crippen LogP contribution in [0.4, 0.5) is 4.39 Å². The van der Waals surface area contributed by atoms with Gasteiger partial charge in [-0.1, -0.05) is 36.4 Å². The number of nitrogens with one attached hydrogen (secondary N) is 1. The van der Waals surface area contributed by atoms with E-state index in [1.165, 1.54) is 23.3 Å². The van der Waals surface area contributed by atoms with E-state index in [0.717, 1.165) is 17.5 Å². The van der Waals surface area contributed by atoms with Crippen LogP contribution in [0, 0.1) is 12.7 Å². The van der Waals surface area contributed by atoms with Gasteiger partial charge in [-0.15, -0.1) is 0 Å². The van der Waals surface area contributed by atoms with Crippen molar-refractivity contribution < 1.29 is 14.0 Å².